The van der Waals surface area contributed by atoms with Gasteiger partial charge in [-0.15, -0.1) is 11.3 Å². The first-order valence-electron chi connectivity index (χ1n) is 9.86. The second-order valence-corrected chi connectivity index (χ2v) is 10.4. The lowest BCUT2D eigenvalue weighted by Gasteiger charge is -2.07. The molecule has 0 unspecified atom stereocenters. The Morgan fingerprint density at radius 1 is 1.03 bits per heavy atom. The molecule has 9 heteroatoms. The summed E-state index contributed by atoms with van der Waals surface area (Å²) < 4.78 is 13.7. The first kappa shape index (κ1) is 23.0. The SMILES string of the molecule is O=C1OC(c2sc3cc(Br)ccc3c2Cl)=N/C1=C/c1ccccc1OC(=O)c1ccc(Br)cc1. The van der Waals surface area contributed by atoms with Gasteiger partial charge in [0.1, 0.15) is 10.6 Å². The first-order chi connectivity index (χ1) is 16.4. The van der Waals surface area contributed by atoms with Crippen LogP contribution in [0.5, 0.6) is 5.75 Å². The van der Waals surface area contributed by atoms with E-state index in [1.165, 1.54) is 17.4 Å². The summed E-state index contributed by atoms with van der Waals surface area (Å²) in [4.78, 5) is 30.1. The van der Waals surface area contributed by atoms with E-state index < -0.39 is 11.9 Å². The number of ether oxygens (including phenoxy) is 2. The van der Waals surface area contributed by atoms with E-state index in [1.54, 1.807) is 48.5 Å². The fourth-order valence-corrected chi connectivity index (χ4v) is 5.52. The highest BCUT2D eigenvalue weighted by Gasteiger charge is 2.28. The minimum Gasteiger partial charge on any atom is -0.422 e. The zero-order valence-corrected chi connectivity index (χ0v) is 21.8. The molecule has 4 aromatic rings. The van der Waals surface area contributed by atoms with E-state index in [9.17, 15) is 9.59 Å². The second kappa shape index (κ2) is 9.46. The second-order valence-electron chi connectivity index (χ2n) is 7.16. The Morgan fingerprint density at radius 3 is 2.56 bits per heavy atom. The Bertz CT molecular complexity index is 1530. The topological polar surface area (TPSA) is 65.0 Å². The maximum atomic E-state index is 12.6. The smallest absolute Gasteiger partial charge is 0.363 e. The highest BCUT2D eigenvalue weighted by Crippen LogP contribution is 2.38. The predicted molar refractivity (Wildman–Crippen MR) is 141 cm³/mol. The molecular formula is C25H12Br2ClNO4S. The number of rotatable bonds is 4. The van der Waals surface area contributed by atoms with Gasteiger partial charge in [0.05, 0.1) is 10.6 Å². The fourth-order valence-electron chi connectivity index (χ4n) is 3.27. The van der Waals surface area contributed by atoms with Gasteiger partial charge < -0.3 is 9.47 Å². The highest BCUT2D eigenvalue weighted by atomic mass is 79.9. The zero-order chi connectivity index (χ0) is 23.8. The number of cyclic esters (lactones) is 1. The number of para-hydroxylation sites is 1. The monoisotopic (exact) mass is 615 g/mol. The minimum atomic E-state index is -0.612. The van der Waals surface area contributed by atoms with Crippen molar-refractivity contribution >= 4 is 88.8 Å². The average molecular weight is 618 g/mol. The molecule has 0 N–H and O–H groups in total. The van der Waals surface area contributed by atoms with E-state index in [0.717, 1.165) is 19.0 Å². The van der Waals surface area contributed by atoms with Crippen LogP contribution in [0.1, 0.15) is 20.8 Å². The van der Waals surface area contributed by atoms with Gasteiger partial charge in [-0.25, -0.2) is 14.6 Å². The van der Waals surface area contributed by atoms with E-state index in [1.807, 2.05) is 18.2 Å². The number of thiophene rings is 1. The number of fused-ring (bicyclic) bond motifs is 1. The average Bonchev–Trinajstić information content (AvgIpc) is 3.34. The first-order valence-corrected chi connectivity index (χ1v) is 12.6. The zero-order valence-electron chi connectivity index (χ0n) is 17.1. The van der Waals surface area contributed by atoms with Crippen LogP contribution in [-0.4, -0.2) is 17.8 Å². The maximum absolute atomic E-state index is 12.6. The number of aliphatic imine (C=N–C) groups is 1. The molecule has 0 bridgehead atoms. The van der Waals surface area contributed by atoms with Gasteiger partial charge in [-0.3, -0.25) is 0 Å². The van der Waals surface area contributed by atoms with Gasteiger partial charge in [-0.2, -0.15) is 0 Å². The van der Waals surface area contributed by atoms with Crippen molar-refractivity contribution in [2.45, 2.75) is 0 Å². The number of hydrogen-bond acceptors (Lipinski definition) is 6. The van der Waals surface area contributed by atoms with Crippen molar-refractivity contribution in [1.82, 2.24) is 0 Å². The number of esters is 2. The van der Waals surface area contributed by atoms with Gasteiger partial charge in [0, 0.05) is 24.6 Å². The molecule has 0 atom stereocenters. The summed E-state index contributed by atoms with van der Waals surface area (Å²) in [5.74, 6) is -0.689. The Balaban J connectivity index is 1.46. The number of carbonyl (C=O) groups is 2. The Labute approximate surface area is 219 Å². The molecule has 0 spiro atoms. The standard InChI is InChI=1S/C25H12Br2ClNO4S/c26-15-7-5-13(6-8-15)24(30)32-19-4-2-1-3-14(19)11-18-25(31)33-23(29-18)22-21(28)17-10-9-16(27)12-20(17)34-22/h1-12H/b18-11+. The van der Waals surface area contributed by atoms with Crippen LogP contribution in [0, 0.1) is 0 Å². The lowest BCUT2D eigenvalue weighted by molar-refractivity contribution is -0.129. The predicted octanol–water partition coefficient (Wildman–Crippen LogP) is 7.64. The summed E-state index contributed by atoms with van der Waals surface area (Å²) in [7, 11) is 0. The summed E-state index contributed by atoms with van der Waals surface area (Å²) in [6, 6.07) is 19.4. The largest absolute Gasteiger partial charge is 0.422 e. The molecule has 0 radical (unpaired) electrons. The Hall–Kier alpha value is -2.78. The number of halogens is 3. The van der Waals surface area contributed by atoms with Crippen LogP contribution in [0.2, 0.25) is 5.02 Å². The van der Waals surface area contributed by atoms with Crippen molar-refractivity contribution in [3.8, 4) is 5.75 Å². The molecular weight excluding hydrogens is 606 g/mol. The lowest BCUT2D eigenvalue weighted by atomic mass is 10.1. The summed E-state index contributed by atoms with van der Waals surface area (Å²) >= 11 is 14.7. The van der Waals surface area contributed by atoms with Gasteiger partial charge in [0.25, 0.3) is 0 Å². The van der Waals surface area contributed by atoms with E-state index in [2.05, 4.69) is 36.9 Å². The molecule has 5 nitrogen and oxygen atoms in total. The lowest BCUT2D eigenvalue weighted by Crippen LogP contribution is -2.09. The number of nitrogens with zero attached hydrogens (tertiary/aromatic N) is 1. The Morgan fingerprint density at radius 2 is 1.76 bits per heavy atom. The van der Waals surface area contributed by atoms with Crippen molar-refractivity contribution < 1.29 is 19.1 Å². The Kier molecular flexibility index (Phi) is 6.40. The third-order valence-electron chi connectivity index (χ3n) is 4.90. The molecule has 0 saturated heterocycles. The molecule has 0 aliphatic carbocycles. The van der Waals surface area contributed by atoms with Gasteiger partial charge in [-0.05, 0) is 48.5 Å². The summed E-state index contributed by atoms with van der Waals surface area (Å²) in [5.41, 5.74) is 0.991. The molecule has 0 fully saturated rings. The third-order valence-corrected chi connectivity index (χ3v) is 7.57. The normalized spacial score (nSPS) is 14.4. The van der Waals surface area contributed by atoms with E-state index in [0.29, 0.717) is 26.8 Å². The molecule has 5 rings (SSSR count). The van der Waals surface area contributed by atoms with Crippen LogP contribution in [0.4, 0.5) is 0 Å². The van der Waals surface area contributed by atoms with Crippen molar-refractivity contribution in [2.75, 3.05) is 0 Å². The summed E-state index contributed by atoms with van der Waals surface area (Å²) in [5, 5.41) is 1.33. The van der Waals surface area contributed by atoms with E-state index in [4.69, 9.17) is 21.1 Å². The van der Waals surface area contributed by atoms with Crippen LogP contribution >= 0.6 is 54.8 Å². The van der Waals surface area contributed by atoms with Crippen molar-refractivity contribution in [3.05, 3.63) is 102 Å². The quantitative estimate of drug-likeness (QED) is 0.134. The van der Waals surface area contributed by atoms with Crippen LogP contribution in [0.25, 0.3) is 16.2 Å². The van der Waals surface area contributed by atoms with Gasteiger partial charge in [0.15, 0.2) is 5.70 Å². The highest BCUT2D eigenvalue weighted by molar-refractivity contribution is 9.10. The van der Waals surface area contributed by atoms with Crippen LogP contribution in [-0.2, 0) is 9.53 Å². The number of benzene rings is 3. The summed E-state index contributed by atoms with van der Waals surface area (Å²) in [6.07, 6.45) is 1.53. The fraction of sp³-hybridized carbons (Fsp3) is 0. The van der Waals surface area contributed by atoms with E-state index >= 15 is 0 Å². The molecule has 1 aliphatic heterocycles. The van der Waals surface area contributed by atoms with Gasteiger partial charge in [0.2, 0.25) is 5.90 Å². The summed E-state index contributed by atoms with van der Waals surface area (Å²) in [6.45, 7) is 0. The molecule has 168 valence electrons. The molecule has 2 heterocycles. The molecule has 1 aromatic heterocycles. The number of hydrogen-bond donors (Lipinski definition) is 0. The maximum Gasteiger partial charge on any atom is 0.363 e. The van der Waals surface area contributed by atoms with Crippen molar-refractivity contribution in [1.29, 1.82) is 0 Å². The van der Waals surface area contributed by atoms with Gasteiger partial charge >= 0.3 is 11.9 Å². The van der Waals surface area contributed by atoms with Gasteiger partial charge in [-0.1, -0.05) is 67.7 Å². The minimum absolute atomic E-state index is 0.0804. The molecule has 3 aromatic carbocycles. The number of carbonyl (C=O) groups excluding carboxylic acids is 2. The molecule has 1 aliphatic rings. The van der Waals surface area contributed by atoms with E-state index in [-0.39, 0.29) is 11.6 Å². The molecule has 0 saturated carbocycles. The molecule has 34 heavy (non-hydrogen) atoms. The van der Waals surface area contributed by atoms with Crippen LogP contribution in [0.15, 0.2) is 86.4 Å². The van der Waals surface area contributed by atoms with Crippen molar-refractivity contribution in [3.63, 3.8) is 0 Å². The van der Waals surface area contributed by atoms with Crippen LogP contribution < -0.4 is 4.74 Å². The van der Waals surface area contributed by atoms with Crippen LogP contribution in [0.3, 0.4) is 0 Å². The molecule has 0 amide bonds. The van der Waals surface area contributed by atoms with Crippen molar-refractivity contribution in [2.24, 2.45) is 4.99 Å². The third kappa shape index (κ3) is 4.59.